The number of hydrogen-bond donors (Lipinski definition) is 2. The van der Waals surface area contributed by atoms with E-state index in [0.29, 0.717) is 12.6 Å². The molecule has 2 N–H and O–H groups in total. The summed E-state index contributed by atoms with van der Waals surface area (Å²) in [5.41, 5.74) is 1.07. The van der Waals surface area contributed by atoms with E-state index in [4.69, 9.17) is 4.99 Å². The van der Waals surface area contributed by atoms with Gasteiger partial charge in [-0.15, -0.1) is 11.3 Å². The van der Waals surface area contributed by atoms with Crippen molar-refractivity contribution in [2.45, 2.75) is 39.8 Å². The minimum atomic E-state index is 0.308. The number of guanidine groups is 1. The molecule has 0 amide bonds. The van der Waals surface area contributed by atoms with Crippen LogP contribution >= 0.6 is 11.3 Å². The van der Waals surface area contributed by atoms with Crippen LogP contribution in [0.15, 0.2) is 54.2 Å². The van der Waals surface area contributed by atoms with E-state index in [-0.39, 0.29) is 0 Å². The molecule has 3 aromatic rings. The summed E-state index contributed by atoms with van der Waals surface area (Å²) in [5, 5.41) is 6.81. The Labute approximate surface area is 164 Å². The van der Waals surface area contributed by atoms with Gasteiger partial charge in [0.15, 0.2) is 5.96 Å². The van der Waals surface area contributed by atoms with Gasteiger partial charge in [0.25, 0.3) is 0 Å². The molecule has 1 atom stereocenters. The van der Waals surface area contributed by atoms with Gasteiger partial charge in [-0.1, -0.05) is 6.07 Å². The van der Waals surface area contributed by atoms with E-state index < -0.39 is 0 Å². The van der Waals surface area contributed by atoms with Crippen LogP contribution in [0.4, 0.5) is 0 Å². The van der Waals surface area contributed by atoms with Gasteiger partial charge in [0.1, 0.15) is 12.1 Å². The van der Waals surface area contributed by atoms with E-state index in [0.717, 1.165) is 30.3 Å². The molecule has 3 rings (SSSR count). The molecule has 0 fully saturated rings. The van der Waals surface area contributed by atoms with Crippen LogP contribution in [0.2, 0.25) is 0 Å². The molecule has 142 valence electrons. The van der Waals surface area contributed by atoms with Gasteiger partial charge in [0, 0.05) is 47.4 Å². The van der Waals surface area contributed by atoms with E-state index in [9.17, 15) is 0 Å². The Kier molecular flexibility index (Phi) is 6.59. The monoisotopic (exact) mass is 382 g/mol. The molecular weight excluding hydrogens is 356 g/mol. The van der Waals surface area contributed by atoms with Gasteiger partial charge in [-0.3, -0.25) is 4.57 Å². The molecule has 1 unspecified atom stereocenters. The van der Waals surface area contributed by atoms with Gasteiger partial charge in [0.05, 0.1) is 6.54 Å². The summed E-state index contributed by atoms with van der Waals surface area (Å²) < 4.78 is 1.88. The minimum Gasteiger partial charge on any atom is -0.357 e. The van der Waals surface area contributed by atoms with Crippen molar-refractivity contribution in [2.24, 2.45) is 4.99 Å². The van der Waals surface area contributed by atoms with E-state index in [2.05, 4.69) is 53.5 Å². The van der Waals surface area contributed by atoms with Crippen LogP contribution in [0, 0.1) is 6.92 Å². The van der Waals surface area contributed by atoms with E-state index in [1.165, 1.54) is 9.75 Å². The van der Waals surface area contributed by atoms with Crippen LogP contribution < -0.4 is 10.6 Å². The lowest BCUT2D eigenvalue weighted by Crippen LogP contribution is -2.43. The summed E-state index contributed by atoms with van der Waals surface area (Å²) in [6.45, 7) is 7.81. The maximum atomic E-state index is 4.70. The number of thiophene rings is 1. The van der Waals surface area contributed by atoms with Gasteiger partial charge in [-0.2, -0.15) is 0 Å². The van der Waals surface area contributed by atoms with Crippen LogP contribution in [-0.2, 0) is 13.0 Å². The van der Waals surface area contributed by atoms with Crippen molar-refractivity contribution in [3.63, 3.8) is 0 Å². The Morgan fingerprint density at radius 2 is 2.19 bits per heavy atom. The Hall–Kier alpha value is -2.67. The molecular formula is C20H26N6S. The number of aryl methyl sites for hydroxylation is 1. The molecule has 0 saturated heterocycles. The smallest absolute Gasteiger partial charge is 0.191 e. The van der Waals surface area contributed by atoms with Crippen LogP contribution in [0.25, 0.3) is 5.82 Å². The highest BCUT2D eigenvalue weighted by molar-refractivity contribution is 7.11. The number of aliphatic imine (C=N–C) groups is 1. The third kappa shape index (κ3) is 5.65. The van der Waals surface area contributed by atoms with E-state index in [1.807, 2.05) is 40.4 Å². The minimum absolute atomic E-state index is 0.308. The second-order valence-corrected chi connectivity index (χ2v) is 7.82. The molecule has 6 nitrogen and oxygen atoms in total. The normalized spacial score (nSPS) is 12.8. The lowest BCUT2D eigenvalue weighted by Gasteiger charge is -2.17. The second kappa shape index (κ2) is 9.32. The van der Waals surface area contributed by atoms with Crippen molar-refractivity contribution in [1.29, 1.82) is 0 Å². The largest absolute Gasteiger partial charge is 0.357 e. The molecule has 0 aliphatic rings. The zero-order valence-corrected chi connectivity index (χ0v) is 16.8. The number of nitrogens with one attached hydrogen (secondary N) is 2. The average molecular weight is 383 g/mol. The molecule has 7 heteroatoms. The lowest BCUT2D eigenvalue weighted by atomic mass is 10.2. The first-order valence-corrected chi connectivity index (χ1v) is 9.99. The van der Waals surface area contributed by atoms with Gasteiger partial charge in [-0.05, 0) is 44.5 Å². The van der Waals surface area contributed by atoms with Crippen molar-refractivity contribution in [3.8, 4) is 5.82 Å². The Morgan fingerprint density at radius 1 is 1.30 bits per heavy atom. The molecule has 27 heavy (non-hydrogen) atoms. The molecule has 0 aliphatic carbocycles. The number of nitrogens with zero attached hydrogens (tertiary/aromatic N) is 4. The highest BCUT2D eigenvalue weighted by Crippen LogP contribution is 2.16. The van der Waals surface area contributed by atoms with Gasteiger partial charge in [-0.25, -0.2) is 15.0 Å². The van der Waals surface area contributed by atoms with E-state index in [1.54, 1.807) is 12.5 Å². The highest BCUT2D eigenvalue weighted by atomic mass is 32.1. The lowest BCUT2D eigenvalue weighted by molar-refractivity contribution is 0.645. The fourth-order valence-electron chi connectivity index (χ4n) is 2.73. The first-order valence-electron chi connectivity index (χ1n) is 9.17. The fraction of sp³-hybridized carbons (Fsp3) is 0.350. The summed E-state index contributed by atoms with van der Waals surface area (Å²) in [4.78, 5) is 16.0. The first-order chi connectivity index (χ1) is 13.1. The predicted octanol–water partition coefficient (Wildman–Crippen LogP) is 3.32. The summed E-state index contributed by atoms with van der Waals surface area (Å²) in [7, 11) is 0. The zero-order chi connectivity index (χ0) is 19.1. The van der Waals surface area contributed by atoms with Gasteiger partial charge < -0.3 is 10.6 Å². The molecule has 0 aromatic carbocycles. The molecule has 0 bridgehead atoms. The van der Waals surface area contributed by atoms with Crippen molar-refractivity contribution < 1.29 is 0 Å². The Bertz CT molecular complexity index is 851. The van der Waals surface area contributed by atoms with Crippen LogP contribution in [-0.4, -0.2) is 33.1 Å². The van der Waals surface area contributed by atoms with Crippen LogP contribution in [0.1, 0.15) is 29.2 Å². The molecule has 0 saturated carbocycles. The molecule has 0 aliphatic heterocycles. The second-order valence-electron chi connectivity index (χ2n) is 6.45. The first kappa shape index (κ1) is 19.1. The summed E-state index contributed by atoms with van der Waals surface area (Å²) in [6, 6.07) is 8.71. The van der Waals surface area contributed by atoms with Crippen LogP contribution in [0.3, 0.4) is 0 Å². The van der Waals surface area contributed by atoms with Crippen molar-refractivity contribution in [1.82, 2.24) is 25.2 Å². The van der Waals surface area contributed by atoms with Crippen molar-refractivity contribution >= 4 is 17.3 Å². The van der Waals surface area contributed by atoms with Gasteiger partial charge >= 0.3 is 0 Å². The molecule has 0 radical (unpaired) electrons. The standard InChI is InChI=1S/C20H26N6S/c1-4-22-20(25-15(2)11-18-7-5-16(3)27-18)24-13-17-6-8-19(23-12-17)26-10-9-21-14-26/h5-10,12,14-15H,4,11,13H2,1-3H3,(H2,22,24,25). The predicted molar refractivity (Wildman–Crippen MR) is 112 cm³/mol. The molecule has 3 aromatic heterocycles. The third-order valence-corrected chi connectivity index (χ3v) is 5.05. The maximum absolute atomic E-state index is 4.70. The fourth-order valence-corrected chi connectivity index (χ4v) is 3.75. The highest BCUT2D eigenvalue weighted by Gasteiger charge is 2.08. The summed E-state index contributed by atoms with van der Waals surface area (Å²) >= 11 is 1.85. The Balaban J connectivity index is 1.59. The van der Waals surface area contributed by atoms with E-state index >= 15 is 0 Å². The average Bonchev–Trinajstić information content (AvgIpc) is 3.32. The van der Waals surface area contributed by atoms with Crippen LogP contribution in [0.5, 0.6) is 0 Å². The molecule has 0 spiro atoms. The maximum Gasteiger partial charge on any atom is 0.191 e. The number of aromatic nitrogens is 3. The third-order valence-electron chi connectivity index (χ3n) is 4.03. The van der Waals surface area contributed by atoms with Crippen molar-refractivity contribution in [2.75, 3.05) is 6.54 Å². The zero-order valence-electron chi connectivity index (χ0n) is 16.0. The van der Waals surface area contributed by atoms with Crippen molar-refractivity contribution in [3.05, 3.63) is 64.5 Å². The summed E-state index contributed by atoms with van der Waals surface area (Å²) in [6.07, 6.45) is 8.21. The quantitative estimate of drug-likeness (QED) is 0.486. The SMILES string of the molecule is CCNC(=NCc1ccc(-n2ccnc2)nc1)NC(C)Cc1ccc(C)s1. The topological polar surface area (TPSA) is 67.1 Å². The number of imidazole rings is 1. The van der Waals surface area contributed by atoms with Gasteiger partial charge in [0.2, 0.25) is 0 Å². The number of rotatable bonds is 7. The number of pyridine rings is 1. The summed E-state index contributed by atoms with van der Waals surface area (Å²) in [5.74, 6) is 1.68. The Morgan fingerprint density at radius 3 is 2.81 bits per heavy atom. The number of hydrogen-bond acceptors (Lipinski definition) is 4. The molecule has 3 heterocycles.